The Hall–Kier alpha value is -2.07. The van der Waals surface area contributed by atoms with Gasteiger partial charge in [0.15, 0.2) is 6.10 Å². The van der Waals surface area contributed by atoms with Gasteiger partial charge in [-0.3, -0.25) is 4.79 Å². The first-order chi connectivity index (χ1) is 9.95. The van der Waals surface area contributed by atoms with Gasteiger partial charge in [-0.05, 0) is 44.2 Å². The number of nitrogens with one attached hydrogen (secondary N) is 1. The monoisotopic (exact) mass is 307 g/mol. The van der Waals surface area contributed by atoms with Gasteiger partial charge in [0.05, 0.1) is 5.02 Å². The number of benzene rings is 2. The Morgan fingerprint density at radius 1 is 1.24 bits per heavy atom. The topological polar surface area (TPSA) is 38.3 Å². The molecule has 0 heterocycles. The highest BCUT2D eigenvalue weighted by molar-refractivity contribution is 6.31. The Morgan fingerprint density at radius 2 is 1.90 bits per heavy atom. The SMILES string of the molecule is Cc1ccc(O[C@H](C)C(=O)Nc2ccc(F)c(Cl)c2)cc1. The van der Waals surface area contributed by atoms with Crippen molar-refractivity contribution in [3.8, 4) is 5.75 Å². The first kappa shape index (κ1) is 15.3. The lowest BCUT2D eigenvalue weighted by molar-refractivity contribution is -0.122. The summed E-state index contributed by atoms with van der Waals surface area (Å²) in [6, 6.07) is 11.4. The number of carbonyl (C=O) groups excluding carboxylic acids is 1. The second-order valence-electron chi connectivity index (χ2n) is 4.69. The van der Waals surface area contributed by atoms with Gasteiger partial charge in [-0.2, -0.15) is 0 Å². The number of ether oxygens (including phenoxy) is 1. The minimum atomic E-state index is -0.684. The molecular weight excluding hydrogens is 293 g/mol. The molecule has 2 aromatic carbocycles. The maximum Gasteiger partial charge on any atom is 0.265 e. The number of carbonyl (C=O) groups is 1. The van der Waals surface area contributed by atoms with Crippen LogP contribution in [0, 0.1) is 12.7 Å². The van der Waals surface area contributed by atoms with Crippen molar-refractivity contribution in [2.75, 3.05) is 5.32 Å². The fourth-order valence-electron chi connectivity index (χ4n) is 1.69. The number of rotatable bonds is 4. The molecule has 1 amide bonds. The number of hydrogen-bond donors (Lipinski definition) is 1. The summed E-state index contributed by atoms with van der Waals surface area (Å²) in [6.07, 6.45) is -0.684. The van der Waals surface area contributed by atoms with E-state index in [1.165, 1.54) is 18.2 Å². The Labute approximate surface area is 127 Å². The van der Waals surface area contributed by atoms with Crippen molar-refractivity contribution in [2.45, 2.75) is 20.0 Å². The molecule has 0 fully saturated rings. The van der Waals surface area contributed by atoms with E-state index in [0.717, 1.165) is 5.56 Å². The largest absolute Gasteiger partial charge is 0.481 e. The molecule has 2 rings (SSSR count). The van der Waals surface area contributed by atoms with Crippen LogP contribution in [0.4, 0.5) is 10.1 Å². The molecule has 0 aliphatic heterocycles. The number of halogens is 2. The minimum Gasteiger partial charge on any atom is -0.481 e. The van der Waals surface area contributed by atoms with E-state index < -0.39 is 11.9 Å². The first-order valence-corrected chi connectivity index (χ1v) is 6.83. The Morgan fingerprint density at radius 3 is 2.52 bits per heavy atom. The summed E-state index contributed by atoms with van der Waals surface area (Å²) in [4.78, 5) is 12.0. The molecule has 1 atom stereocenters. The van der Waals surface area contributed by atoms with E-state index in [1.807, 2.05) is 19.1 Å². The highest BCUT2D eigenvalue weighted by Crippen LogP contribution is 2.20. The molecule has 21 heavy (non-hydrogen) atoms. The summed E-state index contributed by atoms with van der Waals surface area (Å²) in [5.74, 6) is -0.253. The molecule has 1 N–H and O–H groups in total. The summed E-state index contributed by atoms with van der Waals surface area (Å²) in [6.45, 7) is 3.61. The summed E-state index contributed by atoms with van der Waals surface area (Å²) in [5, 5.41) is 2.58. The fraction of sp³-hybridized carbons (Fsp3) is 0.188. The molecule has 0 aromatic heterocycles. The smallest absolute Gasteiger partial charge is 0.265 e. The van der Waals surface area contributed by atoms with Crippen LogP contribution >= 0.6 is 11.6 Å². The molecule has 5 heteroatoms. The van der Waals surface area contributed by atoms with Crippen molar-refractivity contribution in [1.82, 2.24) is 0 Å². The molecule has 110 valence electrons. The van der Waals surface area contributed by atoms with Gasteiger partial charge in [0.2, 0.25) is 0 Å². The van der Waals surface area contributed by atoms with Crippen LogP contribution in [-0.4, -0.2) is 12.0 Å². The van der Waals surface area contributed by atoms with Crippen LogP contribution in [0.3, 0.4) is 0 Å². The number of amides is 1. The second kappa shape index (κ2) is 6.59. The quantitative estimate of drug-likeness (QED) is 0.919. The lowest BCUT2D eigenvalue weighted by atomic mass is 10.2. The molecule has 0 aliphatic carbocycles. The fourth-order valence-corrected chi connectivity index (χ4v) is 1.87. The number of aryl methyl sites for hydroxylation is 1. The van der Waals surface area contributed by atoms with Crippen molar-refractivity contribution in [3.63, 3.8) is 0 Å². The van der Waals surface area contributed by atoms with Crippen molar-refractivity contribution in [1.29, 1.82) is 0 Å². The maximum absolute atomic E-state index is 13.0. The lowest BCUT2D eigenvalue weighted by Crippen LogP contribution is -2.30. The van der Waals surface area contributed by atoms with E-state index in [-0.39, 0.29) is 10.9 Å². The Balaban J connectivity index is 1.98. The standard InChI is InChI=1S/C16H15ClFNO2/c1-10-3-6-13(7-4-10)21-11(2)16(20)19-12-5-8-15(18)14(17)9-12/h3-9,11H,1-2H3,(H,19,20)/t11-/m1/s1. The van der Waals surface area contributed by atoms with Gasteiger partial charge in [-0.15, -0.1) is 0 Å². The Bertz CT molecular complexity index is 643. The van der Waals surface area contributed by atoms with Crippen molar-refractivity contribution < 1.29 is 13.9 Å². The van der Waals surface area contributed by atoms with Crippen molar-refractivity contribution >= 4 is 23.2 Å². The third-order valence-corrected chi connectivity index (χ3v) is 3.18. The van der Waals surface area contributed by atoms with E-state index in [4.69, 9.17) is 16.3 Å². The van der Waals surface area contributed by atoms with Gasteiger partial charge < -0.3 is 10.1 Å². The third-order valence-electron chi connectivity index (χ3n) is 2.89. The maximum atomic E-state index is 13.0. The molecule has 0 saturated heterocycles. The predicted octanol–water partition coefficient (Wildman–Crippen LogP) is 4.19. The molecular formula is C16H15ClFNO2. The highest BCUT2D eigenvalue weighted by Gasteiger charge is 2.15. The highest BCUT2D eigenvalue weighted by atomic mass is 35.5. The molecule has 0 bridgehead atoms. The normalized spacial score (nSPS) is 11.8. The molecule has 0 aliphatic rings. The average molecular weight is 308 g/mol. The molecule has 3 nitrogen and oxygen atoms in total. The zero-order chi connectivity index (χ0) is 15.4. The summed E-state index contributed by atoms with van der Waals surface area (Å²) in [5.41, 5.74) is 1.53. The third kappa shape index (κ3) is 4.20. The van der Waals surface area contributed by atoms with Crippen LogP contribution in [0.5, 0.6) is 5.75 Å². The average Bonchev–Trinajstić information content (AvgIpc) is 2.45. The summed E-state index contributed by atoms with van der Waals surface area (Å²) in [7, 11) is 0. The lowest BCUT2D eigenvalue weighted by Gasteiger charge is -2.15. The Kier molecular flexibility index (Phi) is 4.81. The van der Waals surface area contributed by atoms with Crippen LogP contribution in [-0.2, 0) is 4.79 Å². The molecule has 0 unspecified atom stereocenters. The summed E-state index contributed by atoms with van der Waals surface area (Å²) >= 11 is 5.66. The molecule has 0 radical (unpaired) electrons. The van der Waals surface area contributed by atoms with Crippen LogP contribution in [0.15, 0.2) is 42.5 Å². The second-order valence-corrected chi connectivity index (χ2v) is 5.10. The van der Waals surface area contributed by atoms with Crippen molar-refractivity contribution in [3.05, 3.63) is 58.9 Å². The zero-order valence-corrected chi connectivity index (χ0v) is 12.4. The predicted molar refractivity (Wildman–Crippen MR) is 81.3 cm³/mol. The molecule has 0 spiro atoms. The van der Waals surface area contributed by atoms with E-state index >= 15 is 0 Å². The van der Waals surface area contributed by atoms with E-state index in [1.54, 1.807) is 19.1 Å². The van der Waals surface area contributed by atoms with Gasteiger partial charge in [-0.1, -0.05) is 29.3 Å². The number of anilines is 1. The summed E-state index contributed by atoms with van der Waals surface area (Å²) < 4.78 is 18.6. The number of hydrogen-bond acceptors (Lipinski definition) is 2. The van der Waals surface area contributed by atoms with E-state index in [0.29, 0.717) is 11.4 Å². The van der Waals surface area contributed by atoms with Crippen LogP contribution in [0.1, 0.15) is 12.5 Å². The van der Waals surface area contributed by atoms with Crippen LogP contribution in [0.2, 0.25) is 5.02 Å². The van der Waals surface area contributed by atoms with Crippen LogP contribution in [0.25, 0.3) is 0 Å². The van der Waals surface area contributed by atoms with Gasteiger partial charge >= 0.3 is 0 Å². The van der Waals surface area contributed by atoms with Crippen molar-refractivity contribution in [2.24, 2.45) is 0 Å². The van der Waals surface area contributed by atoms with Gasteiger partial charge in [0.25, 0.3) is 5.91 Å². The van der Waals surface area contributed by atoms with Gasteiger partial charge in [0, 0.05) is 5.69 Å². The van der Waals surface area contributed by atoms with Gasteiger partial charge in [-0.25, -0.2) is 4.39 Å². The minimum absolute atomic E-state index is 0.0418. The molecule has 0 saturated carbocycles. The first-order valence-electron chi connectivity index (χ1n) is 6.45. The zero-order valence-electron chi connectivity index (χ0n) is 11.7. The van der Waals surface area contributed by atoms with E-state index in [2.05, 4.69) is 5.32 Å². The van der Waals surface area contributed by atoms with Gasteiger partial charge in [0.1, 0.15) is 11.6 Å². The van der Waals surface area contributed by atoms with Crippen LogP contribution < -0.4 is 10.1 Å². The molecule has 2 aromatic rings. The van der Waals surface area contributed by atoms with E-state index in [9.17, 15) is 9.18 Å².